The van der Waals surface area contributed by atoms with Crippen LogP contribution >= 0.6 is 0 Å². The predicted octanol–water partition coefficient (Wildman–Crippen LogP) is 2.17. The highest BCUT2D eigenvalue weighted by molar-refractivity contribution is 6.01. The van der Waals surface area contributed by atoms with Crippen molar-refractivity contribution in [2.45, 2.75) is 0 Å². The third-order valence-corrected chi connectivity index (χ3v) is 2.41. The summed E-state index contributed by atoms with van der Waals surface area (Å²) in [5.74, 6) is -3.34. The minimum Gasteiger partial charge on any atom is -0.483 e. The van der Waals surface area contributed by atoms with E-state index < -0.39 is 17.9 Å². The zero-order chi connectivity index (χ0) is 18.5. The van der Waals surface area contributed by atoms with Gasteiger partial charge in [0.05, 0.1) is 16.7 Å². The van der Waals surface area contributed by atoms with Gasteiger partial charge in [-0.05, 0) is 24.3 Å². The van der Waals surface area contributed by atoms with Gasteiger partial charge in [-0.15, -0.1) is 0 Å². The lowest BCUT2D eigenvalue weighted by molar-refractivity contribution is -0.122. The lowest BCUT2D eigenvalue weighted by Gasteiger charge is -1.98. The van der Waals surface area contributed by atoms with Crippen LogP contribution in [0.15, 0.2) is 54.6 Å². The average molecular weight is 334 g/mol. The fourth-order valence-corrected chi connectivity index (χ4v) is 1.44. The van der Waals surface area contributed by atoms with Gasteiger partial charge in [0.25, 0.3) is 6.47 Å². The van der Waals surface area contributed by atoms with Crippen molar-refractivity contribution in [2.75, 3.05) is 0 Å². The van der Waals surface area contributed by atoms with E-state index in [9.17, 15) is 14.4 Å². The number of carbonyl (C=O) groups is 4. The molecule has 126 valence electrons. The number of carboxylic acid groups (broad SMARTS) is 4. The molecule has 8 heteroatoms. The van der Waals surface area contributed by atoms with Gasteiger partial charge in [0.2, 0.25) is 0 Å². The molecule has 0 aliphatic rings. The van der Waals surface area contributed by atoms with Crippen LogP contribution < -0.4 is 0 Å². The minimum absolute atomic E-state index is 0.190. The zero-order valence-electron chi connectivity index (χ0n) is 12.2. The Morgan fingerprint density at radius 3 is 1.25 bits per heavy atom. The van der Waals surface area contributed by atoms with E-state index in [1.165, 1.54) is 24.3 Å². The Kier molecular flexibility index (Phi) is 9.28. The van der Waals surface area contributed by atoms with Crippen molar-refractivity contribution in [3.05, 3.63) is 71.3 Å². The molecule has 0 atom stereocenters. The van der Waals surface area contributed by atoms with Crippen molar-refractivity contribution in [1.82, 2.24) is 0 Å². The summed E-state index contributed by atoms with van der Waals surface area (Å²) in [7, 11) is 0. The molecular weight excluding hydrogens is 320 g/mol. The molecule has 0 spiro atoms. The van der Waals surface area contributed by atoms with Crippen molar-refractivity contribution >= 4 is 24.4 Å². The first-order valence-corrected chi connectivity index (χ1v) is 6.27. The summed E-state index contributed by atoms with van der Waals surface area (Å²) in [5.41, 5.74) is -0.0486. The molecule has 0 aromatic heterocycles. The van der Waals surface area contributed by atoms with Crippen molar-refractivity contribution in [2.24, 2.45) is 0 Å². The molecule has 8 nitrogen and oxygen atoms in total. The van der Waals surface area contributed by atoms with E-state index in [1.807, 2.05) is 0 Å². The van der Waals surface area contributed by atoms with E-state index in [0.29, 0.717) is 5.56 Å². The van der Waals surface area contributed by atoms with Gasteiger partial charge in [-0.3, -0.25) is 4.79 Å². The molecule has 24 heavy (non-hydrogen) atoms. The van der Waals surface area contributed by atoms with E-state index in [0.717, 1.165) is 0 Å². The molecule has 0 saturated carbocycles. The van der Waals surface area contributed by atoms with E-state index >= 15 is 0 Å². The number of benzene rings is 2. The normalized spacial score (nSPS) is 8.50. The summed E-state index contributed by atoms with van der Waals surface area (Å²) in [6.45, 7) is -0.250. The van der Waals surface area contributed by atoms with E-state index in [4.69, 9.17) is 25.2 Å². The summed E-state index contributed by atoms with van der Waals surface area (Å²) in [5, 5.41) is 32.4. The molecular formula is C16H14O8. The predicted molar refractivity (Wildman–Crippen MR) is 82.5 cm³/mol. The largest absolute Gasteiger partial charge is 0.483 e. The smallest absolute Gasteiger partial charge is 0.336 e. The Balaban J connectivity index is 0.000000390. The fourth-order valence-electron chi connectivity index (χ4n) is 1.44. The first-order chi connectivity index (χ1) is 11.3. The Morgan fingerprint density at radius 1 is 0.667 bits per heavy atom. The molecule has 0 aliphatic heterocycles. The van der Waals surface area contributed by atoms with Crippen molar-refractivity contribution in [3.63, 3.8) is 0 Å². The molecule has 0 saturated heterocycles. The molecule has 0 fully saturated rings. The number of rotatable bonds is 3. The van der Waals surface area contributed by atoms with Crippen LogP contribution in [0.5, 0.6) is 0 Å². The third kappa shape index (κ3) is 7.36. The lowest BCUT2D eigenvalue weighted by atomic mass is 10.1. The molecule has 4 N–H and O–H groups in total. The number of hydrogen-bond acceptors (Lipinski definition) is 4. The molecule has 0 unspecified atom stereocenters. The minimum atomic E-state index is -1.23. The van der Waals surface area contributed by atoms with Crippen LogP contribution in [-0.2, 0) is 4.79 Å². The van der Waals surface area contributed by atoms with Crippen LogP contribution in [-0.4, -0.2) is 44.8 Å². The summed E-state index contributed by atoms with van der Waals surface area (Å²) in [6.07, 6.45) is 0. The van der Waals surface area contributed by atoms with E-state index in [-0.39, 0.29) is 17.6 Å². The lowest BCUT2D eigenvalue weighted by Crippen LogP contribution is -2.06. The highest BCUT2D eigenvalue weighted by atomic mass is 16.4. The van der Waals surface area contributed by atoms with E-state index in [1.54, 1.807) is 30.3 Å². The molecule has 0 amide bonds. The van der Waals surface area contributed by atoms with Crippen LogP contribution in [0.25, 0.3) is 0 Å². The number of carboxylic acids is 3. The maximum Gasteiger partial charge on any atom is 0.336 e. The number of aromatic carboxylic acids is 3. The van der Waals surface area contributed by atoms with Gasteiger partial charge in [-0.2, -0.15) is 0 Å². The van der Waals surface area contributed by atoms with Gasteiger partial charge in [-0.25, -0.2) is 14.4 Å². The fraction of sp³-hybridized carbons (Fsp3) is 0. The molecule has 2 rings (SSSR count). The van der Waals surface area contributed by atoms with Crippen LogP contribution in [0.4, 0.5) is 0 Å². The van der Waals surface area contributed by atoms with Crippen molar-refractivity contribution < 1.29 is 39.6 Å². The quantitative estimate of drug-likeness (QED) is 0.624. The first kappa shape index (κ1) is 20.3. The monoisotopic (exact) mass is 334 g/mol. The second-order valence-electron chi connectivity index (χ2n) is 3.93. The number of hydrogen-bond donors (Lipinski definition) is 4. The second-order valence-corrected chi connectivity index (χ2v) is 3.93. The Morgan fingerprint density at radius 2 is 1.00 bits per heavy atom. The van der Waals surface area contributed by atoms with E-state index in [2.05, 4.69) is 0 Å². The SMILES string of the molecule is O=C(O)c1ccccc1.O=C(O)c1ccccc1C(=O)O.O=CO. The molecule has 0 aliphatic carbocycles. The van der Waals surface area contributed by atoms with Crippen LogP contribution in [0.1, 0.15) is 31.1 Å². The third-order valence-electron chi connectivity index (χ3n) is 2.41. The van der Waals surface area contributed by atoms with Gasteiger partial charge < -0.3 is 20.4 Å². The van der Waals surface area contributed by atoms with Gasteiger partial charge in [0, 0.05) is 0 Å². The van der Waals surface area contributed by atoms with Crippen LogP contribution in [0, 0.1) is 0 Å². The van der Waals surface area contributed by atoms with Gasteiger partial charge in [0.1, 0.15) is 0 Å². The topological polar surface area (TPSA) is 149 Å². The maximum absolute atomic E-state index is 10.5. The average Bonchev–Trinajstić information content (AvgIpc) is 2.57. The molecule has 2 aromatic carbocycles. The Labute approximate surface area is 136 Å². The molecule has 2 aromatic rings. The summed E-state index contributed by atoms with van der Waals surface area (Å²) < 4.78 is 0. The summed E-state index contributed by atoms with van der Waals surface area (Å²) in [4.78, 5) is 39.5. The van der Waals surface area contributed by atoms with Crippen LogP contribution in [0.3, 0.4) is 0 Å². The second kappa shape index (κ2) is 11.0. The Hall–Kier alpha value is -3.68. The molecule has 0 bridgehead atoms. The highest BCUT2D eigenvalue weighted by Gasteiger charge is 2.13. The van der Waals surface area contributed by atoms with Gasteiger partial charge >= 0.3 is 17.9 Å². The molecule has 0 radical (unpaired) electrons. The summed E-state index contributed by atoms with van der Waals surface area (Å²) in [6, 6.07) is 13.8. The zero-order valence-corrected chi connectivity index (χ0v) is 12.2. The van der Waals surface area contributed by atoms with Gasteiger partial charge in [-0.1, -0.05) is 30.3 Å². The van der Waals surface area contributed by atoms with Gasteiger partial charge in [0.15, 0.2) is 0 Å². The van der Waals surface area contributed by atoms with Crippen LogP contribution in [0.2, 0.25) is 0 Å². The maximum atomic E-state index is 10.5. The highest BCUT2D eigenvalue weighted by Crippen LogP contribution is 2.07. The first-order valence-electron chi connectivity index (χ1n) is 6.27. The summed E-state index contributed by atoms with van der Waals surface area (Å²) >= 11 is 0. The standard InChI is InChI=1S/C8H6O4.C7H6O2.CH2O2/c9-7(10)5-3-1-2-4-6(5)8(11)12;8-7(9)6-4-2-1-3-5-6;2-1-3/h1-4H,(H,9,10)(H,11,12);1-5H,(H,8,9);1H,(H,2,3). The molecule has 0 heterocycles. The Bertz CT molecular complexity index is 661. The van der Waals surface area contributed by atoms with Crippen molar-refractivity contribution in [3.8, 4) is 0 Å². The van der Waals surface area contributed by atoms with Crippen molar-refractivity contribution in [1.29, 1.82) is 0 Å².